The van der Waals surface area contributed by atoms with Gasteiger partial charge in [0.2, 0.25) is 0 Å². The third-order valence-corrected chi connectivity index (χ3v) is 4.16. The maximum Gasteiger partial charge on any atom is 0.315 e. The van der Waals surface area contributed by atoms with Crippen LogP contribution in [0.15, 0.2) is 66.9 Å². The molecule has 0 bridgehead atoms. The number of nitrogens with one attached hydrogen (secondary N) is 2. The highest BCUT2D eigenvalue weighted by molar-refractivity contribution is 5.73. The van der Waals surface area contributed by atoms with Crippen molar-refractivity contribution in [3.05, 3.63) is 95.1 Å². The number of benzene rings is 2. The van der Waals surface area contributed by atoms with Gasteiger partial charge in [-0.05, 0) is 42.3 Å². The Hall–Kier alpha value is -3.08. The van der Waals surface area contributed by atoms with Crippen molar-refractivity contribution in [2.24, 2.45) is 0 Å². The fourth-order valence-electron chi connectivity index (χ4n) is 2.79. The average Bonchev–Trinajstić information content (AvgIpc) is 3.06. The van der Waals surface area contributed by atoms with Gasteiger partial charge in [0.1, 0.15) is 5.82 Å². The van der Waals surface area contributed by atoms with Gasteiger partial charge in [0.15, 0.2) is 0 Å². The summed E-state index contributed by atoms with van der Waals surface area (Å²) in [6.45, 7) is 3.64. The summed E-state index contributed by atoms with van der Waals surface area (Å²) in [5.41, 5.74) is 4.34. The standard InChI is InChI=1S/C21H22FN3O/c1-16-4-2-5-18(12-16)15-25-11-3-6-20(25)14-24-21(26)23-13-17-7-9-19(22)10-8-17/h2-12H,13-15H2,1H3,(H2,23,24,26). The van der Waals surface area contributed by atoms with Crippen LogP contribution in [0.4, 0.5) is 9.18 Å². The third kappa shape index (κ3) is 4.96. The van der Waals surface area contributed by atoms with E-state index in [1.54, 1.807) is 12.1 Å². The number of amides is 2. The Labute approximate surface area is 152 Å². The molecule has 0 fully saturated rings. The summed E-state index contributed by atoms with van der Waals surface area (Å²) in [5, 5.41) is 5.64. The van der Waals surface area contributed by atoms with E-state index in [1.807, 2.05) is 18.3 Å². The van der Waals surface area contributed by atoms with Crippen LogP contribution in [-0.4, -0.2) is 10.6 Å². The Morgan fingerprint density at radius 2 is 1.73 bits per heavy atom. The molecule has 0 saturated carbocycles. The van der Waals surface area contributed by atoms with Gasteiger partial charge < -0.3 is 15.2 Å². The second kappa shape index (κ2) is 8.34. The van der Waals surface area contributed by atoms with Gasteiger partial charge in [0, 0.05) is 25.0 Å². The SMILES string of the molecule is Cc1cccc(Cn2cccc2CNC(=O)NCc2ccc(F)cc2)c1. The van der Waals surface area contributed by atoms with Gasteiger partial charge in [-0.15, -0.1) is 0 Å². The minimum atomic E-state index is -0.285. The van der Waals surface area contributed by atoms with E-state index < -0.39 is 0 Å². The number of urea groups is 1. The van der Waals surface area contributed by atoms with E-state index in [9.17, 15) is 9.18 Å². The van der Waals surface area contributed by atoms with Crippen molar-refractivity contribution in [2.45, 2.75) is 26.6 Å². The molecule has 1 aromatic heterocycles. The van der Waals surface area contributed by atoms with E-state index in [0.29, 0.717) is 13.1 Å². The molecular weight excluding hydrogens is 329 g/mol. The summed E-state index contributed by atoms with van der Waals surface area (Å²) in [7, 11) is 0. The number of aryl methyl sites for hydroxylation is 1. The maximum atomic E-state index is 12.9. The van der Waals surface area contributed by atoms with Crippen molar-refractivity contribution in [1.29, 1.82) is 0 Å². The first kappa shape index (κ1) is 17.7. The van der Waals surface area contributed by atoms with Crippen molar-refractivity contribution < 1.29 is 9.18 Å². The van der Waals surface area contributed by atoms with Crippen molar-refractivity contribution in [1.82, 2.24) is 15.2 Å². The number of carbonyl (C=O) groups is 1. The van der Waals surface area contributed by atoms with Crippen LogP contribution in [0.3, 0.4) is 0 Å². The fraction of sp³-hybridized carbons (Fsp3) is 0.190. The number of aromatic nitrogens is 1. The molecular formula is C21H22FN3O. The minimum Gasteiger partial charge on any atom is -0.345 e. The van der Waals surface area contributed by atoms with E-state index in [-0.39, 0.29) is 11.8 Å². The van der Waals surface area contributed by atoms with E-state index in [0.717, 1.165) is 17.8 Å². The Bertz CT molecular complexity index is 871. The normalized spacial score (nSPS) is 10.5. The molecule has 26 heavy (non-hydrogen) atoms. The molecule has 0 saturated heterocycles. The van der Waals surface area contributed by atoms with Crippen LogP contribution in [0.5, 0.6) is 0 Å². The highest BCUT2D eigenvalue weighted by Gasteiger charge is 2.05. The molecule has 0 aliphatic heterocycles. The van der Waals surface area contributed by atoms with E-state index in [2.05, 4.69) is 46.4 Å². The number of carbonyl (C=O) groups excluding carboxylic acids is 1. The Balaban J connectivity index is 1.51. The summed E-state index contributed by atoms with van der Waals surface area (Å²) in [4.78, 5) is 12.0. The van der Waals surface area contributed by atoms with Gasteiger partial charge in [-0.25, -0.2) is 9.18 Å². The van der Waals surface area contributed by atoms with Crippen LogP contribution in [-0.2, 0) is 19.6 Å². The van der Waals surface area contributed by atoms with Crippen LogP contribution in [0.1, 0.15) is 22.4 Å². The number of hydrogen-bond acceptors (Lipinski definition) is 1. The highest BCUT2D eigenvalue weighted by atomic mass is 19.1. The minimum absolute atomic E-state index is 0.252. The van der Waals surface area contributed by atoms with Gasteiger partial charge in [0.05, 0.1) is 6.54 Å². The fourth-order valence-corrected chi connectivity index (χ4v) is 2.79. The van der Waals surface area contributed by atoms with Crippen molar-refractivity contribution >= 4 is 6.03 Å². The molecule has 0 spiro atoms. The summed E-state index contributed by atoms with van der Waals surface area (Å²) < 4.78 is 15.0. The molecule has 0 radical (unpaired) electrons. The van der Waals surface area contributed by atoms with E-state index in [4.69, 9.17) is 0 Å². The van der Waals surface area contributed by atoms with Gasteiger partial charge in [0.25, 0.3) is 0 Å². The first-order valence-electron chi connectivity index (χ1n) is 8.56. The molecule has 0 aliphatic carbocycles. The molecule has 0 unspecified atom stereocenters. The second-order valence-electron chi connectivity index (χ2n) is 6.28. The predicted octanol–water partition coefficient (Wildman–Crippen LogP) is 3.98. The summed E-state index contributed by atoms with van der Waals surface area (Å²) >= 11 is 0. The lowest BCUT2D eigenvalue weighted by atomic mass is 10.1. The lowest BCUT2D eigenvalue weighted by molar-refractivity contribution is 0.240. The number of nitrogens with zero attached hydrogens (tertiary/aromatic N) is 1. The van der Waals surface area contributed by atoms with Crippen LogP contribution >= 0.6 is 0 Å². The van der Waals surface area contributed by atoms with Crippen molar-refractivity contribution in [3.63, 3.8) is 0 Å². The lowest BCUT2D eigenvalue weighted by Gasteiger charge is -2.12. The third-order valence-electron chi connectivity index (χ3n) is 4.16. The van der Waals surface area contributed by atoms with Crippen LogP contribution in [0, 0.1) is 12.7 Å². The monoisotopic (exact) mass is 351 g/mol. The average molecular weight is 351 g/mol. The van der Waals surface area contributed by atoms with Gasteiger partial charge in [-0.2, -0.15) is 0 Å². The smallest absolute Gasteiger partial charge is 0.315 e. The zero-order valence-electron chi connectivity index (χ0n) is 14.7. The van der Waals surface area contributed by atoms with Gasteiger partial charge >= 0.3 is 6.03 Å². The second-order valence-corrected chi connectivity index (χ2v) is 6.28. The Kier molecular flexibility index (Phi) is 5.69. The maximum absolute atomic E-state index is 12.9. The Morgan fingerprint density at radius 1 is 0.962 bits per heavy atom. The zero-order chi connectivity index (χ0) is 18.4. The summed E-state index contributed by atoms with van der Waals surface area (Å²) in [6.07, 6.45) is 2.01. The first-order valence-corrected chi connectivity index (χ1v) is 8.56. The molecule has 134 valence electrons. The molecule has 2 amide bonds. The Morgan fingerprint density at radius 3 is 2.50 bits per heavy atom. The summed E-state index contributed by atoms with van der Waals surface area (Å²) in [5.74, 6) is -0.285. The quantitative estimate of drug-likeness (QED) is 0.693. The lowest BCUT2D eigenvalue weighted by Crippen LogP contribution is -2.35. The van der Waals surface area contributed by atoms with Crippen molar-refractivity contribution in [2.75, 3.05) is 0 Å². The topological polar surface area (TPSA) is 46.1 Å². The summed E-state index contributed by atoms with van der Waals surface area (Å²) in [6, 6.07) is 18.2. The molecule has 4 nitrogen and oxygen atoms in total. The van der Waals surface area contributed by atoms with Gasteiger partial charge in [-0.1, -0.05) is 42.0 Å². The molecule has 1 heterocycles. The van der Waals surface area contributed by atoms with Gasteiger partial charge in [-0.3, -0.25) is 0 Å². The number of halogens is 1. The molecule has 0 atom stereocenters. The molecule has 5 heteroatoms. The van der Waals surface area contributed by atoms with Crippen LogP contribution in [0.2, 0.25) is 0 Å². The van der Waals surface area contributed by atoms with Crippen molar-refractivity contribution in [3.8, 4) is 0 Å². The van der Waals surface area contributed by atoms with Crippen LogP contribution < -0.4 is 10.6 Å². The van der Waals surface area contributed by atoms with E-state index in [1.165, 1.54) is 23.3 Å². The highest BCUT2D eigenvalue weighted by Crippen LogP contribution is 2.10. The molecule has 2 N–H and O–H groups in total. The molecule has 3 rings (SSSR count). The zero-order valence-corrected chi connectivity index (χ0v) is 14.7. The van der Waals surface area contributed by atoms with E-state index >= 15 is 0 Å². The van der Waals surface area contributed by atoms with Crippen LogP contribution in [0.25, 0.3) is 0 Å². The number of hydrogen-bond donors (Lipinski definition) is 2. The molecule has 3 aromatic rings. The number of rotatable bonds is 6. The largest absolute Gasteiger partial charge is 0.345 e. The predicted molar refractivity (Wildman–Crippen MR) is 100 cm³/mol. The molecule has 0 aliphatic rings. The first-order chi connectivity index (χ1) is 12.6. The molecule has 2 aromatic carbocycles.